The lowest BCUT2D eigenvalue weighted by Crippen LogP contribution is -2.04. The second kappa shape index (κ2) is 3.54. The van der Waals surface area contributed by atoms with Crippen molar-refractivity contribution < 1.29 is 14.6 Å². The van der Waals surface area contributed by atoms with E-state index in [-0.39, 0.29) is 16.9 Å². The van der Waals surface area contributed by atoms with Gasteiger partial charge in [0.15, 0.2) is 5.75 Å². The SMILES string of the molecule is COc1cncc(C#N)c1C(=O)O. The van der Waals surface area contributed by atoms with Crippen LogP contribution in [0.5, 0.6) is 5.75 Å². The standard InChI is InChI=1S/C8H6N2O3/c1-13-6-4-10-3-5(2-9)7(6)8(11)12/h3-4H,1H3,(H,11,12). The molecule has 5 heteroatoms. The summed E-state index contributed by atoms with van der Waals surface area (Å²) < 4.78 is 4.75. The Balaban J connectivity index is 3.41. The molecule has 0 atom stereocenters. The third kappa shape index (κ3) is 1.56. The van der Waals surface area contributed by atoms with Crippen LogP contribution in [-0.4, -0.2) is 23.2 Å². The lowest BCUT2D eigenvalue weighted by atomic mass is 10.1. The lowest BCUT2D eigenvalue weighted by molar-refractivity contribution is 0.0693. The van der Waals surface area contributed by atoms with Gasteiger partial charge in [-0.05, 0) is 0 Å². The molecule has 0 aliphatic rings. The maximum Gasteiger partial charge on any atom is 0.340 e. The second-order valence-corrected chi connectivity index (χ2v) is 2.18. The van der Waals surface area contributed by atoms with Crippen LogP contribution in [0.25, 0.3) is 0 Å². The van der Waals surface area contributed by atoms with Crippen molar-refractivity contribution in [1.29, 1.82) is 5.26 Å². The molecule has 0 saturated carbocycles. The molecule has 0 saturated heterocycles. The minimum absolute atomic E-state index is 0.00755. The van der Waals surface area contributed by atoms with Crippen LogP contribution in [0, 0.1) is 11.3 Å². The number of methoxy groups -OCH3 is 1. The zero-order valence-corrected chi connectivity index (χ0v) is 6.81. The van der Waals surface area contributed by atoms with Crippen molar-refractivity contribution in [2.75, 3.05) is 7.11 Å². The first-order valence-electron chi connectivity index (χ1n) is 3.36. The molecule has 0 aromatic carbocycles. The summed E-state index contributed by atoms with van der Waals surface area (Å²) in [6.07, 6.45) is 2.44. The van der Waals surface area contributed by atoms with Crippen LogP contribution >= 0.6 is 0 Å². The van der Waals surface area contributed by atoms with Gasteiger partial charge in [0.1, 0.15) is 11.6 Å². The Morgan fingerprint density at radius 2 is 2.38 bits per heavy atom. The average Bonchev–Trinajstić information content (AvgIpc) is 2.16. The molecule has 0 aliphatic heterocycles. The lowest BCUT2D eigenvalue weighted by Gasteiger charge is -2.03. The third-order valence-electron chi connectivity index (χ3n) is 1.47. The average molecular weight is 178 g/mol. The van der Waals surface area contributed by atoms with Gasteiger partial charge >= 0.3 is 5.97 Å². The molecule has 0 radical (unpaired) electrons. The van der Waals surface area contributed by atoms with Crippen LogP contribution in [0.15, 0.2) is 12.4 Å². The Kier molecular flexibility index (Phi) is 2.45. The molecule has 1 aromatic rings. The Morgan fingerprint density at radius 3 is 2.85 bits per heavy atom. The van der Waals surface area contributed by atoms with Crippen LogP contribution in [0.1, 0.15) is 15.9 Å². The molecular weight excluding hydrogens is 172 g/mol. The van der Waals surface area contributed by atoms with Crippen LogP contribution < -0.4 is 4.74 Å². The van der Waals surface area contributed by atoms with E-state index in [1.54, 1.807) is 6.07 Å². The molecule has 0 spiro atoms. The number of pyridine rings is 1. The molecule has 1 rings (SSSR count). The molecule has 0 amide bonds. The van der Waals surface area contributed by atoms with E-state index >= 15 is 0 Å². The van der Waals surface area contributed by atoms with Crippen LogP contribution in [0.3, 0.4) is 0 Å². The van der Waals surface area contributed by atoms with Crippen molar-refractivity contribution >= 4 is 5.97 Å². The highest BCUT2D eigenvalue weighted by atomic mass is 16.5. The third-order valence-corrected chi connectivity index (χ3v) is 1.47. The van der Waals surface area contributed by atoms with Crippen molar-refractivity contribution in [1.82, 2.24) is 4.98 Å². The van der Waals surface area contributed by atoms with Crippen molar-refractivity contribution in [3.63, 3.8) is 0 Å². The first-order chi connectivity index (χ1) is 6.20. The predicted octanol–water partition coefficient (Wildman–Crippen LogP) is 0.660. The summed E-state index contributed by atoms with van der Waals surface area (Å²) in [6, 6.07) is 1.73. The molecular formula is C8H6N2O3. The smallest absolute Gasteiger partial charge is 0.340 e. The number of hydrogen-bond donors (Lipinski definition) is 1. The highest BCUT2D eigenvalue weighted by Crippen LogP contribution is 2.19. The molecule has 66 valence electrons. The van der Waals surface area contributed by atoms with E-state index in [1.807, 2.05) is 0 Å². The molecule has 1 aromatic heterocycles. The maximum absolute atomic E-state index is 10.7. The van der Waals surface area contributed by atoms with E-state index in [4.69, 9.17) is 15.1 Å². The molecule has 1 N–H and O–H groups in total. The molecule has 5 nitrogen and oxygen atoms in total. The Morgan fingerprint density at radius 1 is 1.69 bits per heavy atom. The number of ether oxygens (including phenoxy) is 1. The Hall–Kier alpha value is -2.09. The summed E-state index contributed by atoms with van der Waals surface area (Å²) >= 11 is 0. The normalized spacial score (nSPS) is 8.92. The number of nitriles is 1. The fourth-order valence-corrected chi connectivity index (χ4v) is 0.901. The summed E-state index contributed by atoms with van der Waals surface area (Å²) in [5, 5.41) is 17.3. The largest absolute Gasteiger partial charge is 0.494 e. The van der Waals surface area contributed by atoms with Crippen molar-refractivity contribution in [3.8, 4) is 11.8 Å². The van der Waals surface area contributed by atoms with Gasteiger partial charge in [-0.15, -0.1) is 0 Å². The van der Waals surface area contributed by atoms with Gasteiger partial charge < -0.3 is 9.84 Å². The first kappa shape index (κ1) is 9.00. The van der Waals surface area contributed by atoms with Crippen LogP contribution in [0.4, 0.5) is 0 Å². The van der Waals surface area contributed by atoms with E-state index in [0.717, 1.165) is 0 Å². The van der Waals surface area contributed by atoms with Gasteiger partial charge in [-0.2, -0.15) is 5.26 Å². The quantitative estimate of drug-likeness (QED) is 0.719. The summed E-state index contributed by atoms with van der Waals surface area (Å²) in [5.41, 5.74) is -0.160. The molecule has 1 heterocycles. The van der Waals surface area contributed by atoms with Crippen molar-refractivity contribution in [2.45, 2.75) is 0 Å². The number of carboxylic acid groups (broad SMARTS) is 1. The Bertz CT molecular complexity index is 381. The van der Waals surface area contributed by atoms with Gasteiger partial charge in [0, 0.05) is 6.20 Å². The number of hydrogen-bond acceptors (Lipinski definition) is 4. The number of aromatic carboxylic acids is 1. The van der Waals surface area contributed by atoms with Gasteiger partial charge in [-0.3, -0.25) is 4.98 Å². The van der Waals surface area contributed by atoms with Crippen molar-refractivity contribution in [2.24, 2.45) is 0 Å². The molecule has 0 bridgehead atoms. The predicted molar refractivity (Wildman–Crippen MR) is 42.5 cm³/mol. The minimum atomic E-state index is -1.20. The monoisotopic (exact) mass is 178 g/mol. The van der Waals surface area contributed by atoms with Crippen LogP contribution in [-0.2, 0) is 0 Å². The highest BCUT2D eigenvalue weighted by Gasteiger charge is 2.16. The topological polar surface area (TPSA) is 83.2 Å². The number of aromatic nitrogens is 1. The van der Waals surface area contributed by atoms with E-state index in [9.17, 15) is 4.79 Å². The van der Waals surface area contributed by atoms with E-state index in [1.165, 1.54) is 19.5 Å². The van der Waals surface area contributed by atoms with Gasteiger partial charge in [-0.1, -0.05) is 0 Å². The summed E-state index contributed by atoms with van der Waals surface area (Å²) in [6.45, 7) is 0. The fourth-order valence-electron chi connectivity index (χ4n) is 0.901. The molecule has 13 heavy (non-hydrogen) atoms. The van der Waals surface area contributed by atoms with E-state index in [2.05, 4.69) is 4.98 Å². The summed E-state index contributed by atoms with van der Waals surface area (Å²) in [5.74, 6) is -1.11. The number of carbonyl (C=O) groups is 1. The fraction of sp³-hybridized carbons (Fsp3) is 0.125. The summed E-state index contributed by atoms with van der Waals surface area (Å²) in [7, 11) is 1.32. The number of rotatable bonds is 2. The van der Waals surface area contributed by atoms with E-state index in [0.29, 0.717) is 0 Å². The number of carboxylic acids is 1. The van der Waals surface area contributed by atoms with Crippen molar-refractivity contribution in [3.05, 3.63) is 23.5 Å². The first-order valence-corrected chi connectivity index (χ1v) is 3.36. The molecule has 0 aliphatic carbocycles. The number of nitrogens with zero attached hydrogens (tertiary/aromatic N) is 2. The maximum atomic E-state index is 10.7. The summed E-state index contributed by atoms with van der Waals surface area (Å²) in [4.78, 5) is 14.4. The van der Waals surface area contributed by atoms with E-state index < -0.39 is 5.97 Å². The van der Waals surface area contributed by atoms with Gasteiger partial charge in [0.05, 0.1) is 18.9 Å². The zero-order chi connectivity index (χ0) is 9.84. The minimum Gasteiger partial charge on any atom is -0.494 e. The highest BCUT2D eigenvalue weighted by molar-refractivity contribution is 5.93. The zero-order valence-electron chi connectivity index (χ0n) is 6.81. The van der Waals surface area contributed by atoms with Gasteiger partial charge in [-0.25, -0.2) is 4.79 Å². The molecule has 0 unspecified atom stereocenters. The second-order valence-electron chi connectivity index (χ2n) is 2.18. The van der Waals surface area contributed by atoms with Gasteiger partial charge in [0.2, 0.25) is 0 Å². The molecule has 0 fully saturated rings. The van der Waals surface area contributed by atoms with Crippen LogP contribution in [0.2, 0.25) is 0 Å². The Labute approximate surface area is 74.2 Å². The van der Waals surface area contributed by atoms with Gasteiger partial charge in [0.25, 0.3) is 0 Å².